The smallest absolute Gasteiger partial charge is 0.282 e. The molecule has 0 N–H and O–H groups in total. The normalized spacial score (nSPS) is 11.5. The quantitative estimate of drug-likeness (QED) is 0.156. The first kappa shape index (κ1) is 24.8. The van der Waals surface area contributed by atoms with Crippen LogP contribution in [0.3, 0.4) is 0 Å². The lowest BCUT2D eigenvalue weighted by Gasteiger charge is -2.13. The van der Waals surface area contributed by atoms with Crippen LogP contribution >= 0.6 is 22.6 Å². The third-order valence-corrected chi connectivity index (χ3v) is 6.46. The van der Waals surface area contributed by atoms with Crippen molar-refractivity contribution in [2.24, 2.45) is 5.10 Å². The molecule has 2 aromatic heterocycles. The number of hydrogen-bond donors (Lipinski definition) is 0. The molecule has 0 unspecified atom stereocenters. The second-order valence-corrected chi connectivity index (χ2v) is 9.16. The lowest BCUT2D eigenvalue weighted by molar-refractivity contribution is 0.286. The van der Waals surface area contributed by atoms with Gasteiger partial charge in [-0.05, 0) is 84.5 Å². The van der Waals surface area contributed by atoms with Crippen molar-refractivity contribution >= 4 is 50.7 Å². The van der Waals surface area contributed by atoms with Gasteiger partial charge in [-0.1, -0.05) is 18.2 Å². The summed E-state index contributed by atoms with van der Waals surface area (Å²) in [6, 6.07) is 18.3. The van der Waals surface area contributed by atoms with E-state index < -0.39 is 0 Å². The summed E-state index contributed by atoms with van der Waals surface area (Å²) in [4.78, 5) is 18.3. The van der Waals surface area contributed by atoms with Crippen molar-refractivity contribution in [3.05, 3.63) is 80.2 Å². The predicted octanol–water partition coefficient (Wildman–Crippen LogP) is 6.10. The molecule has 9 heteroatoms. The second kappa shape index (κ2) is 10.6. The highest BCUT2D eigenvalue weighted by atomic mass is 127. The van der Waals surface area contributed by atoms with Gasteiger partial charge in [-0.15, -0.1) is 0 Å². The highest BCUT2D eigenvalue weighted by Gasteiger charge is 2.18. The molecule has 0 saturated heterocycles. The van der Waals surface area contributed by atoms with E-state index >= 15 is 0 Å². The number of rotatable bonds is 8. The summed E-state index contributed by atoms with van der Waals surface area (Å²) in [5.41, 5.74) is 1.61. The van der Waals surface area contributed by atoms with E-state index in [4.69, 9.17) is 23.6 Å². The first-order chi connectivity index (χ1) is 18.0. The number of para-hydroxylation sites is 1. The molecule has 0 radical (unpaired) electrons. The lowest BCUT2D eigenvalue weighted by Crippen LogP contribution is -2.20. The van der Waals surface area contributed by atoms with Crippen LogP contribution in [0.1, 0.15) is 19.4 Å². The Hall–Kier alpha value is -3.86. The number of halogens is 1. The van der Waals surface area contributed by atoms with Gasteiger partial charge in [-0.2, -0.15) is 9.78 Å². The minimum atomic E-state index is -0.310. The van der Waals surface area contributed by atoms with Crippen molar-refractivity contribution in [3.63, 3.8) is 0 Å². The number of furan rings is 1. The standard InChI is InChI=1S/C28H24IN3O5/c1-4-35-24-14-17(13-20(29)26(24)36-5-2)16-30-32-27(31-21-10-7-6-9-18(21)28(32)33)25-15-19-22(34-3)11-8-12-23(19)37-25/h6-16H,4-5H2,1-3H3. The van der Waals surface area contributed by atoms with Crippen LogP contribution in [0.2, 0.25) is 0 Å². The minimum Gasteiger partial charge on any atom is -0.496 e. The summed E-state index contributed by atoms with van der Waals surface area (Å²) in [6.07, 6.45) is 1.60. The van der Waals surface area contributed by atoms with Gasteiger partial charge in [0.1, 0.15) is 11.3 Å². The van der Waals surface area contributed by atoms with E-state index in [1.807, 2.05) is 56.3 Å². The van der Waals surface area contributed by atoms with E-state index in [0.29, 0.717) is 52.7 Å². The molecule has 37 heavy (non-hydrogen) atoms. The van der Waals surface area contributed by atoms with Gasteiger partial charge in [-0.25, -0.2) is 4.98 Å². The number of methoxy groups -OCH3 is 1. The van der Waals surface area contributed by atoms with Crippen molar-refractivity contribution in [2.75, 3.05) is 20.3 Å². The molecule has 0 aliphatic heterocycles. The van der Waals surface area contributed by atoms with Crippen LogP contribution in [-0.4, -0.2) is 36.2 Å². The molecule has 0 aliphatic carbocycles. The summed E-state index contributed by atoms with van der Waals surface area (Å²) in [5.74, 6) is 2.65. The SMILES string of the molecule is CCOc1cc(C=Nn2c(-c3cc4c(OC)cccc4o3)nc3ccccc3c2=O)cc(I)c1OCC. The van der Waals surface area contributed by atoms with Crippen molar-refractivity contribution in [3.8, 4) is 28.8 Å². The topological polar surface area (TPSA) is 88.1 Å². The lowest BCUT2D eigenvalue weighted by atomic mass is 10.2. The predicted molar refractivity (Wildman–Crippen MR) is 152 cm³/mol. The van der Waals surface area contributed by atoms with Crippen molar-refractivity contribution in [1.82, 2.24) is 9.66 Å². The number of fused-ring (bicyclic) bond motifs is 2. The zero-order chi connectivity index (χ0) is 25.9. The zero-order valence-electron chi connectivity index (χ0n) is 20.5. The Morgan fingerprint density at radius 3 is 2.59 bits per heavy atom. The maximum Gasteiger partial charge on any atom is 0.282 e. The molecule has 0 atom stereocenters. The largest absolute Gasteiger partial charge is 0.496 e. The molecule has 0 bridgehead atoms. The summed E-state index contributed by atoms with van der Waals surface area (Å²) >= 11 is 2.20. The third-order valence-electron chi connectivity index (χ3n) is 5.66. The van der Waals surface area contributed by atoms with E-state index in [-0.39, 0.29) is 11.4 Å². The molecule has 8 nitrogen and oxygen atoms in total. The maximum atomic E-state index is 13.6. The molecule has 0 aliphatic rings. The molecule has 0 amide bonds. The van der Waals surface area contributed by atoms with Crippen LogP contribution in [0.15, 0.2) is 75.0 Å². The van der Waals surface area contributed by atoms with E-state index in [2.05, 4.69) is 27.7 Å². The van der Waals surface area contributed by atoms with Gasteiger partial charge in [0.2, 0.25) is 5.82 Å². The van der Waals surface area contributed by atoms with Crippen molar-refractivity contribution < 1.29 is 18.6 Å². The molecule has 0 saturated carbocycles. The van der Waals surface area contributed by atoms with Crippen LogP contribution in [0.5, 0.6) is 17.2 Å². The Labute approximate surface area is 226 Å². The summed E-state index contributed by atoms with van der Waals surface area (Å²) < 4.78 is 25.3. The Kier molecular flexibility index (Phi) is 7.13. The molecule has 3 aromatic carbocycles. The first-order valence-electron chi connectivity index (χ1n) is 11.8. The highest BCUT2D eigenvalue weighted by Crippen LogP contribution is 2.35. The first-order valence-corrected chi connectivity index (χ1v) is 12.8. The molecule has 2 heterocycles. The molecule has 188 valence electrons. The van der Waals surface area contributed by atoms with Crippen LogP contribution in [0.25, 0.3) is 33.5 Å². The number of benzene rings is 3. The van der Waals surface area contributed by atoms with Crippen LogP contribution in [-0.2, 0) is 0 Å². The maximum absolute atomic E-state index is 13.6. The second-order valence-electron chi connectivity index (χ2n) is 7.99. The van der Waals surface area contributed by atoms with E-state index in [9.17, 15) is 4.79 Å². The Balaban J connectivity index is 1.68. The average Bonchev–Trinajstić information content (AvgIpc) is 3.34. The van der Waals surface area contributed by atoms with Crippen molar-refractivity contribution in [1.29, 1.82) is 0 Å². The van der Waals surface area contributed by atoms with E-state index in [0.717, 1.165) is 14.5 Å². The molecular weight excluding hydrogens is 585 g/mol. The van der Waals surface area contributed by atoms with Gasteiger partial charge in [-0.3, -0.25) is 4.79 Å². The molecule has 0 fully saturated rings. The third kappa shape index (κ3) is 4.78. The van der Waals surface area contributed by atoms with Gasteiger partial charge >= 0.3 is 0 Å². The van der Waals surface area contributed by atoms with Gasteiger partial charge in [0.15, 0.2) is 17.3 Å². The number of aromatic nitrogens is 2. The fraction of sp³-hybridized carbons (Fsp3) is 0.179. The van der Waals surface area contributed by atoms with Crippen LogP contribution < -0.4 is 19.8 Å². The van der Waals surface area contributed by atoms with Gasteiger partial charge < -0.3 is 18.6 Å². The summed E-state index contributed by atoms with van der Waals surface area (Å²) in [5, 5.41) is 5.79. The minimum absolute atomic E-state index is 0.281. The summed E-state index contributed by atoms with van der Waals surface area (Å²) in [6.45, 7) is 4.85. The van der Waals surface area contributed by atoms with Gasteiger partial charge in [0.25, 0.3) is 5.56 Å². The molecule has 0 spiro atoms. The molecule has 5 rings (SSSR count). The zero-order valence-corrected chi connectivity index (χ0v) is 22.7. The molecule has 5 aromatic rings. The van der Waals surface area contributed by atoms with Crippen molar-refractivity contribution in [2.45, 2.75) is 13.8 Å². The fourth-order valence-corrected chi connectivity index (χ4v) is 4.83. The van der Waals surface area contributed by atoms with E-state index in [1.165, 1.54) is 4.68 Å². The van der Waals surface area contributed by atoms with Gasteiger partial charge in [0, 0.05) is 0 Å². The Morgan fingerprint density at radius 1 is 1.00 bits per heavy atom. The average molecular weight is 609 g/mol. The number of hydrogen-bond acceptors (Lipinski definition) is 7. The summed E-state index contributed by atoms with van der Waals surface area (Å²) in [7, 11) is 1.60. The monoisotopic (exact) mass is 609 g/mol. The van der Waals surface area contributed by atoms with Crippen LogP contribution in [0, 0.1) is 3.57 Å². The highest BCUT2D eigenvalue weighted by molar-refractivity contribution is 14.1. The number of nitrogens with zero attached hydrogens (tertiary/aromatic N) is 3. The Bertz CT molecular complexity index is 1690. The number of ether oxygens (including phenoxy) is 3. The van der Waals surface area contributed by atoms with E-state index in [1.54, 1.807) is 31.5 Å². The van der Waals surface area contributed by atoms with Crippen LogP contribution in [0.4, 0.5) is 0 Å². The van der Waals surface area contributed by atoms with Gasteiger partial charge in [0.05, 0.1) is 46.4 Å². The molecular formula is C28H24IN3O5. The Morgan fingerprint density at radius 2 is 1.81 bits per heavy atom. The fourth-order valence-electron chi connectivity index (χ4n) is 4.05.